The lowest BCUT2D eigenvalue weighted by atomic mass is 9.98. The van der Waals surface area contributed by atoms with Crippen molar-refractivity contribution in [2.45, 2.75) is 50.6 Å². The van der Waals surface area contributed by atoms with Crippen LogP contribution in [0.3, 0.4) is 0 Å². The lowest BCUT2D eigenvalue weighted by Gasteiger charge is -2.30. The van der Waals surface area contributed by atoms with Crippen LogP contribution in [0.1, 0.15) is 32.8 Å². The fourth-order valence-corrected chi connectivity index (χ4v) is 3.18. The molecule has 0 saturated heterocycles. The fraction of sp³-hybridized carbons (Fsp3) is 0.562. The Morgan fingerprint density at radius 2 is 1.95 bits per heavy atom. The summed E-state index contributed by atoms with van der Waals surface area (Å²) in [6, 6.07) is 8.68. The van der Waals surface area contributed by atoms with Crippen LogP contribution in [0.15, 0.2) is 29.2 Å². The number of ether oxygens (including phenoxy) is 1. The number of nitrogens with one attached hydrogen (secondary N) is 1. The van der Waals surface area contributed by atoms with Gasteiger partial charge in [0.1, 0.15) is 5.54 Å². The first-order valence-electron chi connectivity index (χ1n) is 6.93. The third kappa shape index (κ3) is 5.17. The Morgan fingerprint density at radius 3 is 2.45 bits per heavy atom. The van der Waals surface area contributed by atoms with Crippen LogP contribution < -0.4 is 5.32 Å². The minimum Gasteiger partial charge on any atom is -0.468 e. The molecule has 0 spiro atoms. The van der Waals surface area contributed by atoms with E-state index in [2.05, 4.69) is 36.5 Å². The van der Waals surface area contributed by atoms with Gasteiger partial charge >= 0.3 is 5.97 Å². The third-order valence-electron chi connectivity index (χ3n) is 3.13. The van der Waals surface area contributed by atoms with Gasteiger partial charge in [0, 0.05) is 16.7 Å². The van der Waals surface area contributed by atoms with Crippen molar-refractivity contribution in [3.8, 4) is 0 Å². The summed E-state index contributed by atoms with van der Waals surface area (Å²) in [5.41, 5.74) is 0.635. The predicted octanol–water partition coefficient (Wildman–Crippen LogP) is 3.41. The number of hydrogen-bond acceptors (Lipinski definition) is 4. The summed E-state index contributed by atoms with van der Waals surface area (Å²) < 4.78 is 4.92. The predicted molar refractivity (Wildman–Crippen MR) is 85.2 cm³/mol. The van der Waals surface area contributed by atoms with Gasteiger partial charge in [0.25, 0.3) is 0 Å². The number of hydrogen-bond donors (Lipinski definition) is 1. The van der Waals surface area contributed by atoms with Gasteiger partial charge in [0.05, 0.1) is 7.11 Å². The van der Waals surface area contributed by atoms with Gasteiger partial charge in [-0.05, 0) is 46.2 Å². The van der Waals surface area contributed by atoms with Crippen LogP contribution >= 0.6 is 11.8 Å². The standard InChI is InChI=1S/C16H25NO2S/c1-12(2)17-16(4,15(18)19-5)10-11-20-14-8-6-13(3)7-9-14/h6-9,12,17H,10-11H2,1-5H3. The van der Waals surface area contributed by atoms with Crippen molar-refractivity contribution in [2.24, 2.45) is 0 Å². The van der Waals surface area contributed by atoms with Gasteiger partial charge in [0.15, 0.2) is 0 Å². The van der Waals surface area contributed by atoms with E-state index in [9.17, 15) is 4.79 Å². The largest absolute Gasteiger partial charge is 0.468 e. The molecule has 1 rings (SSSR count). The van der Waals surface area contributed by atoms with Crippen LogP contribution in [-0.2, 0) is 9.53 Å². The second kappa shape index (κ2) is 7.70. The minimum atomic E-state index is -0.624. The summed E-state index contributed by atoms with van der Waals surface area (Å²) in [5, 5.41) is 3.31. The molecule has 0 amide bonds. The molecule has 0 aliphatic carbocycles. The highest BCUT2D eigenvalue weighted by molar-refractivity contribution is 7.99. The average Bonchev–Trinajstić information content (AvgIpc) is 2.39. The van der Waals surface area contributed by atoms with Crippen molar-refractivity contribution in [1.29, 1.82) is 0 Å². The van der Waals surface area contributed by atoms with Crippen molar-refractivity contribution in [2.75, 3.05) is 12.9 Å². The van der Waals surface area contributed by atoms with Gasteiger partial charge in [-0.2, -0.15) is 0 Å². The molecule has 0 aliphatic rings. The van der Waals surface area contributed by atoms with Crippen molar-refractivity contribution >= 4 is 17.7 Å². The topological polar surface area (TPSA) is 38.3 Å². The third-order valence-corrected chi connectivity index (χ3v) is 4.15. The Kier molecular flexibility index (Phi) is 6.56. The first-order valence-corrected chi connectivity index (χ1v) is 7.91. The van der Waals surface area contributed by atoms with Gasteiger partial charge in [-0.3, -0.25) is 10.1 Å². The number of carbonyl (C=O) groups is 1. The number of esters is 1. The molecule has 1 atom stereocenters. The van der Waals surface area contributed by atoms with Crippen LogP contribution in [0.25, 0.3) is 0 Å². The summed E-state index contributed by atoms with van der Waals surface area (Å²) >= 11 is 1.76. The van der Waals surface area contributed by atoms with E-state index in [1.165, 1.54) is 17.6 Å². The Labute approximate surface area is 126 Å². The lowest BCUT2D eigenvalue weighted by molar-refractivity contribution is -0.148. The maximum Gasteiger partial charge on any atom is 0.325 e. The Bertz CT molecular complexity index is 431. The first kappa shape index (κ1) is 17.1. The van der Waals surface area contributed by atoms with Crippen molar-refractivity contribution < 1.29 is 9.53 Å². The second-order valence-electron chi connectivity index (χ2n) is 5.53. The molecule has 0 aliphatic heterocycles. The molecule has 0 radical (unpaired) electrons. The van der Waals surface area contributed by atoms with E-state index in [0.717, 1.165) is 12.2 Å². The number of carbonyl (C=O) groups excluding carboxylic acids is 1. The molecular weight excluding hydrogens is 270 g/mol. The molecule has 0 heterocycles. The Morgan fingerprint density at radius 1 is 1.35 bits per heavy atom. The Balaban J connectivity index is 2.58. The molecule has 20 heavy (non-hydrogen) atoms. The quantitative estimate of drug-likeness (QED) is 0.618. The molecule has 4 heteroatoms. The molecule has 0 aromatic heterocycles. The normalized spacial score (nSPS) is 14.1. The van der Waals surface area contributed by atoms with Crippen LogP contribution in [-0.4, -0.2) is 30.4 Å². The summed E-state index contributed by atoms with van der Waals surface area (Å²) in [7, 11) is 1.44. The molecule has 3 nitrogen and oxygen atoms in total. The van der Waals surface area contributed by atoms with E-state index >= 15 is 0 Å². The summed E-state index contributed by atoms with van der Waals surface area (Å²) in [5.74, 6) is 0.671. The van der Waals surface area contributed by atoms with Crippen molar-refractivity contribution in [3.05, 3.63) is 29.8 Å². The van der Waals surface area contributed by atoms with Gasteiger partial charge in [-0.15, -0.1) is 11.8 Å². The van der Waals surface area contributed by atoms with Gasteiger partial charge < -0.3 is 4.74 Å². The molecule has 0 saturated carbocycles. The van der Waals surface area contributed by atoms with E-state index in [-0.39, 0.29) is 12.0 Å². The lowest BCUT2D eigenvalue weighted by Crippen LogP contribution is -2.53. The molecule has 0 bridgehead atoms. The van der Waals surface area contributed by atoms with E-state index in [1.54, 1.807) is 11.8 Å². The zero-order chi connectivity index (χ0) is 15.2. The summed E-state index contributed by atoms with van der Waals surface area (Å²) in [6.07, 6.45) is 0.733. The number of methoxy groups -OCH3 is 1. The van der Waals surface area contributed by atoms with Gasteiger partial charge in [-0.25, -0.2) is 0 Å². The smallest absolute Gasteiger partial charge is 0.325 e. The fourth-order valence-electron chi connectivity index (χ4n) is 2.10. The van der Waals surface area contributed by atoms with Crippen LogP contribution in [0.5, 0.6) is 0 Å². The monoisotopic (exact) mass is 295 g/mol. The highest BCUT2D eigenvalue weighted by atomic mass is 32.2. The van der Waals surface area contributed by atoms with E-state index in [1.807, 2.05) is 20.8 Å². The molecule has 1 aromatic rings. The Hall–Kier alpha value is -1.00. The maximum atomic E-state index is 12.0. The number of benzene rings is 1. The summed E-state index contributed by atoms with van der Waals surface area (Å²) in [6.45, 7) is 8.06. The second-order valence-corrected chi connectivity index (χ2v) is 6.70. The maximum absolute atomic E-state index is 12.0. The SMILES string of the molecule is COC(=O)C(C)(CCSc1ccc(C)cc1)NC(C)C. The number of aryl methyl sites for hydroxylation is 1. The van der Waals surface area contributed by atoms with Crippen molar-refractivity contribution in [3.63, 3.8) is 0 Å². The van der Waals surface area contributed by atoms with E-state index in [0.29, 0.717) is 0 Å². The molecule has 1 N–H and O–H groups in total. The molecular formula is C16H25NO2S. The van der Waals surface area contributed by atoms with Crippen LogP contribution in [0.4, 0.5) is 0 Å². The highest BCUT2D eigenvalue weighted by Gasteiger charge is 2.34. The van der Waals surface area contributed by atoms with Gasteiger partial charge in [-0.1, -0.05) is 17.7 Å². The molecule has 112 valence electrons. The van der Waals surface area contributed by atoms with Crippen LogP contribution in [0, 0.1) is 6.92 Å². The van der Waals surface area contributed by atoms with E-state index < -0.39 is 5.54 Å². The average molecular weight is 295 g/mol. The first-order chi connectivity index (χ1) is 9.37. The van der Waals surface area contributed by atoms with Gasteiger partial charge in [0.2, 0.25) is 0 Å². The number of thioether (sulfide) groups is 1. The molecule has 0 fully saturated rings. The van der Waals surface area contributed by atoms with Crippen molar-refractivity contribution in [1.82, 2.24) is 5.32 Å². The van der Waals surface area contributed by atoms with E-state index in [4.69, 9.17) is 4.74 Å². The zero-order valence-electron chi connectivity index (χ0n) is 13.0. The number of rotatable bonds is 7. The zero-order valence-corrected chi connectivity index (χ0v) is 13.8. The van der Waals surface area contributed by atoms with Crippen LogP contribution in [0.2, 0.25) is 0 Å². The minimum absolute atomic E-state index is 0.198. The molecule has 1 unspecified atom stereocenters. The summed E-state index contributed by atoms with van der Waals surface area (Å²) in [4.78, 5) is 13.2. The molecule has 1 aromatic carbocycles. The highest BCUT2D eigenvalue weighted by Crippen LogP contribution is 2.23.